The fourth-order valence-corrected chi connectivity index (χ4v) is 1.48. The lowest BCUT2D eigenvalue weighted by Gasteiger charge is -2.05. The molecule has 2 N–H and O–H groups in total. The van der Waals surface area contributed by atoms with Crippen LogP contribution in [-0.4, -0.2) is 40.5 Å². The standard InChI is InChI=1S/C9H7N7O/c17-8-2-1-6(9-12-14-15-13-9)3-7(8)16-4-10-11-5-16/h1-5,17H,(H,12,13,14,15). The topological polar surface area (TPSA) is 105 Å². The number of benzene rings is 1. The predicted molar refractivity (Wildman–Crippen MR) is 56.2 cm³/mol. The molecule has 0 saturated carbocycles. The van der Waals surface area contributed by atoms with Crippen LogP contribution < -0.4 is 0 Å². The van der Waals surface area contributed by atoms with Crippen LogP contribution in [0.25, 0.3) is 17.1 Å². The van der Waals surface area contributed by atoms with Gasteiger partial charge in [0.2, 0.25) is 5.82 Å². The summed E-state index contributed by atoms with van der Waals surface area (Å²) in [5, 5.41) is 30.7. The van der Waals surface area contributed by atoms with Gasteiger partial charge in [0.15, 0.2) is 0 Å². The van der Waals surface area contributed by atoms with Crippen molar-refractivity contribution in [2.45, 2.75) is 0 Å². The first-order valence-electron chi connectivity index (χ1n) is 4.76. The Morgan fingerprint density at radius 1 is 1.18 bits per heavy atom. The Kier molecular flexibility index (Phi) is 2.04. The number of rotatable bonds is 2. The van der Waals surface area contributed by atoms with E-state index in [2.05, 4.69) is 30.8 Å². The molecule has 0 aliphatic heterocycles. The molecule has 0 amide bonds. The van der Waals surface area contributed by atoms with E-state index >= 15 is 0 Å². The molecule has 17 heavy (non-hydrogen) atoms. The van der Waals surface area contributed by atoms with Crippen molar-refractivity contribution in [2.75, 3.05) is 0 Å². The van der Waals surface area contributed by atoms with Crippen molar-refractivity contribution >= 4 is 0 Å². The highest BCUT2D eigenvalue weighted by Crippen LogP contribution is 2.26. The van der Waals surface area contributed by atoms with Crippen LogP contribution >= 0.6 is 0 Å². The van der Waals surface area contributed by atoms with Gasteiger partial charge in [-0.25, -0.2) is 0 Å². The number of hydrogen-bond donors (Lipinski definition) is 2. The number of tetrazole rings is 1. The van der Waals surface area contributed by atoms with Crippen LogP contribution in [0.3, 0.4) is 0 Å². The summed E-state index contributed by atoms with van der Waals surface area (Å²) in [5.41, 5.74) is 1.29. The van der Waals surface area contributed by atoms with Gasteiger partial charge < -0.3 is 5.11 Å². The molecule has 0 radical (unpaired) electrons. The van der Waals surface area contributed by atoms with Crippen LogP contribution in [0.1, 0.15) is 0 Å². The molecule has 0 atom stereocenters. The number of aromatic hydroxyl groups is 1. The SMILES string of the molecule is Oc1ccc(-c2nn[nH]n2)cc1-n1cnnc1. The second kappa shape index (κ2) is 3.67. The Labute approximate surface area is 94.9 Å². The van der Waals surface area contributed by atoms with E-state index in [-0.39, 0.29) is 5.75 Å². The van der Waals surface area contributed by atoms with Crippen LogP contribution in [0.2, 0.25) is 0 Å². The molecule has 1 aromatic carbocycles. The van der Waals surface area contributed by atoms with E-state index in [1.807, 2.05) is 0 Å². The number of nitrogens with one attached hydrogen (secondary N) is 1. The fourth-order valence-electron chi connectivity index (χ4n) is 1.48. The second-order valence-corrected chi connectivity index (χ2v) is 3.31. The molecule has 2 heterocycles. The zero-order valence-electron chi connectivity index (χ0n) is 8.52. The van der Waals surface area contributed by atoms with Gasteiger partial charge in [-0.15, -0.1) is 20.4 Å². The lowest BCUT2D eigenvalue weighted by Crippen LogP contribution is -1.92. The number of nitrogens with zero attached hydrogens (tertiary/aromatic N) is 6. The predicted octanol–water partition coefficient (Wildman–Crippen LogP) is 0.153. The fraction of sp³-hybridized carbons (Fsp3) is 0. The first-order chi connectivity index (χ1) is 8.34. The van der Waals surface area contributed by atoms with Crippen LogP contribution in [0.5, 0.6) is 5.75 Å². The lowest BCUT2D eigenvalue weighted by atomic mass is 10.2. The minimum absolute atomic E-state index is 0.122. The zero-order chi connectivity index (χ0) is 11.7. The molecule has 2 aromatic heterocycles. The van der Waals surface area contributed by atoms with Crippen molar-refractivity contribution < 1.29 is 5.11 Å². The molecule has 8 heteroatoms. The summed E-state index contributed by atoms with van der Waals surface area (Å²) in [6, 6.07) is 4.98. The second-order valence-electron chi connectivity index (χ2n) is 3.31. The highest BCUT2D eigenvalue weighted by molar-refractivity contribution is 5.62. The first-order valence-corrected chi connectivity index (χ1v) is 4.76. The number of H-pyrrole nitrogens is 1. The molecule has 8 nitrogen and oxygen atoms in total. The third-order valence-electron chi connectivity index (χ3n) is 2.28. The molecular formula is C9H7N7O. The third kappa shape index (κ3) is 1.61. The summed E-state index contributed by atoms with van der Waals surface area (Å²) in [5.74, 6) is 0.580. The van der Waals surface area contributed by atoms with Crippen LogP contribution in [0.4, 0.5) is 0 Å². The van der Waals surface area contributed by atoms with Gasteiger partial charge in [-0.05, 0) is 23.4 Å². The first kappa shape index (κ1) is 9.46. The van der Waals surface area contributed by atoms with Crippen LogP contribution in [-0.2, 0) is 0 Å². The van der Waals surface area contributed by atoms with Crippen molar-refractivity contribution in [1.29, 1.82) is 0 Å². The maximum atomic E-state index is 9.76. The summed E-state index contributed by atoms with van der Waals surface area (Å²) >= 11 is 0. The molecule has 0 saturated heterocycles. The molecule has 84 valence electrons. The Bertz CT molecular complexity index is 617. The summed E-state index contributed by atoms with van der Waals surface area (Å²) in [4.78, 5) is 0. The van der Waals surface area contributed by atoms with Crippen molar-refractivity contribution in [3.8, 4) is 22.8 Å². The zero-order valence-corrected chi connectivity index (χ0v) is 8.52. The molecule has 0 aliphatic rings. The highest BCUT2D eigenvalue weighted by atomic mass is 16.3. The number of aromatic nitrogens is 7. The maximum Gasteiger partial charge on any atom is 0.204 e. The maximum absolute atomic E-state index is 9.76. The van der Waals surface area contributed by atoms with E-state index in [0.717, 1.165) is 5.56 Å². The van der Waals surface area contributed by atoms with Crippen molar-refractivity contribution in [1.82, 2.24) is 35.4 Å². The molecule has 0 unspecified atom stereocenters. The third-order valence-corrected chi connectivity index (χ3v) is 2.28. The number of aromatic amines is 1. The Morgan fingerprint density at radius 3 is 2.71 bits per heavy atom. The smallest absolute Gasteiger partial charge is 0.204 e. The molecule has 3 rings (SSSR count). The molecule has 0 bridgehead atoms. The van der Waals surface area contributed by atoms with Gasteiger partial charge in [-0.1, -0.05) is 0 Å². The lowest BCUT2D eigenvalue weighted by molar-refractivity contribution is 0.472. The number of phenols is 1. The van der Waals surface area contributed by atoms with E-state index in [9.17, 15) is 5.11 Å². The van der Waals surface area contributed by atoms with E-state index in [1.54, 1.807) is 22.8 Å². The van der Waals surface area contributed by atoms with Gasteiger partial charge in [0.1, 0.15) is 18.4 Å². The normalized spacial score (nSPS) is 10.6. The van der Waals surface area contributed by atoms with E-state index in [4.69, 9.17) is 0 Å². The Balaban J connectivity index is 2.13. The average molecular weight is 229 g/mol. The molecule has 0 spiro atoms. The quantitative estimate of drug-likeness (QED) is 0.648. The molecule has 3 aromatic rings. The highest BCUT2D eigenvalue weighted by Gasteiger charge is 2.08. The van der Waals surface area contributed by atoms with Gasteiger partial charge in [-0.2, -0.15) is 5.21 Å². The monoisotopic (exact) mass is 229 g/mol. The van der Waals surface area contributed by atoms with Crippen LogP contribution in [0.15, 0.2) is 30.9 Å². The number of hydrogen-bond acceptors (Lipinski definition) is 6. The largest absolute Gasteiger partial charge is 0.506 e. The molecular weight excluding hydrogens is 222 g/mol. The molecule has 0 fully saturated rings. The van der Waals surface area contributed by atoms with Crippen LogP contribution in [0, 0.1) is 0 Å². The van der Waals surface area contributed by atoms with Gasteiger partial charge >= 0.3 is 0 Å². The van der Waals surface area contributed by atoms with Gasteiger partial charge in [0.25, 0.3) is 0 Å². The van der Waals surface area contributed by atoms with E-state index < -0.39 is 0 Å². The van der Waals surface area contributed by atoms with E-state index in [1.165, 1.54) is 12.7 Å². The average Bonchev–Trinajstić information content (AvgIpc) is 3.03. The van der Waals surface area contributed by atoms with Gasteiger partial charge in [0.05, 0.1) is 5.69 Å². The van der Waals surface area contributed by atoms with Gasteiger partial charge in [0, 0.05) is 5.56 Å². The summed E-state index contributed by atoms with van der Waals surface area (Å²) in [7, 11) is 0. The summed E-state index contributed by atoms with van der Waals surface area (Å²) in [6.07, 6.45) is 2.99. The van der Waals surface area contributed by atoms with Crippen molar-refractivity contribution in [2.24, 2.45) is 0 Å². The number of phenolic OH excluding ortho intramolecular Hbond substituents is 1. The van der Waals surface area contributed by atoms with Crippen molar-refractivity contribution in [3.05, 3.63) is 30.9 Å². The van der Waals surface area contributed by atoms with Crippen molar-refractivity contribution in [3.63, 3.8) is 0 Å². The minimum atomic E-state index is 0.122. The Hall–Kier alpha value is -2.77. The van der Waals surface area contributed by atoms with E-state index in [0.29, 0.717) is 11.5 Å². The Morgan fingerprint density at radius 2 is 2.00 bits per heavy atom. The summed E-state index contributed by atoms with van der Waals surface area (Å²) < 4.78 is 1.60. The molecule has 0 aliphatic carbocycles. The summed E-state index contributed by atoms with van der Waals surface area (Å²) in [6.45, 7) is 0. The minimum Gasteiger partial charge on any atom is -0.506 e. The van der Waals surface area contributed by atoms with Gasteiger partial charge in [-0.3, -0.25) is 4.57 Å².